The highest BCUT2D eigenvalue weighted by molar-refractivity contribution is 7.80. The third-order valence-corrected chi connectivity index (χ3v) is 2.59. The van der Waals surface area contributed by atoms with Crippen molar-refractivity contribution in [2.75, 3.05) is 11.9 Å². The van der Waals surface area contributed by atoms with E-state index in [1.165, 1.54) is 5.56 Å². The quantitative estimate of drug-likeness (QED) is 0.474. The first-order valence-electron chi connectivity index (χ1n) is 5.77. The first kappa shape index (κ1) is 13.5. The summed E-state index contributed by atoms with van der Waals surface area (Å²) in [6.45, 7) is 2.92. The third-order valence-electron chi connectivity index (χ3n) is 2.34. The summed E-state index contributed by atoms with van der Waals surface area (Å²) < 4.78 is 0. The smallest absolute Gasteiger partial charge is 0.170 e. The summed E-state index contributed by atoms with van der Waals surface area (Å²) in [7, 11) is 0. The lowest BCUT2D eigenvalue weighted by Crippen LogP contribution is -2.29. The molecule has 90 valence electrons. The van der Waals surface area contributed by atoms with Gasteiger partial charge in [0.15, 0.2) is 5.11 Å². The van der Waals surface area contributed by atoms with Crippen molar-refractivity contribution < 1.29 is 0 Å². The van der Waals surface area contributed by atoms with E-state index in [2.05, 4.69) is 35.6 Å². The van der Waals surface area contributed by atoms with Crippen molar-refractivity contribution >= 4 is 23.0 Å². The second kappa shape index (κ2) is 7.70. The molecule has 0 radical (unpaired) electrons. The molecule has 1 rings (SSSR count). The van der Waals surface area contributed by atoms with Gasteiger partial charge >= 0.3 is 0 Å². The molecule has 0 saturated heterocycles. The van der Waals surface area contributed by atoms with Gasteiger partial charge in [-0.2, -0.15) is 0 Å². The van der Waals surface area contributed by atoms with Crippen LogP contribution in [0.4, 0.5) is 5.69 Å². The van der Waals surface area contributed by atoms with Crippen LogP contribution in [0.5, 0.6) is 0 Å². The molecule has 0 aliphatic rings. The maximum absolute atomic E-state index is 5.18. The zero-order valence-electron chi connectivity index (χ0n) is 10.1. The Morgan fingerprint density at radius 3 is 2.65 bits per heavy atom. The molecule has 0 atom stereocenters. The Morgan fingerprint density at radius 2 is 2.00 bits per heavy atom. The molecule has 0 aromatic heterocycles. The molecule has 0 aliphatic carbocycles. The number of hydrogen-bond donors (Lipinski definition) is 2. The Labute approximate surface area is 109 Å². The minimum absolute atomic E-state index is 0.662. The van der Waals surface area contributed by atoms with Gasteiger partial charge in [0.2, 0.25) is 0 Å². The molecule has 0 aliphatic heterocycles. The van der Waals surface area contributed by atoms with E-state index in [9.17, 15) is 0 Å². The molecule has 1 aromatic carbocycles. The third kappa shape index (κ3) is 5.94. The number of unbranched alkanes of at least 4 members (excludes halogenated alkanes) is 2. The number of benzene rings is 1. The monoisotopic (exact) mass is 246 g/mol. The molecule has 0 saturated carbocycles. The molecular formula is C14H18N2S. The molecule has 2 nitrogen and oxygen atoms in total. The summed E-state index contributed by atoms with van der Waals surface area (Å²) >= 11 is 5.18. The fourth-order valence-corrected chi connectivity index (χ4v) is 1.59. The molecule has 3 heteroatoms. The Morgan fingerprint density at radius 1 is 1.29 bits per heavy atom. The number of aryl methyl sites for hydroxylation is 1. The first-order chi connectivity index (χ1) is 8.22. The highest BCUT2D eigenvalue weighted by atomic mass is 32.1. The van der Waals surface area contributed by atoms with Gasteiger partial charge in [-0.15, -0.1) is 12.3 Å². The van der Waals surface area contributed by atoms with Crippen molar-refractivity contribution in [3.05, 3.63) is 29.8 Å². The average Bonchev–Trinajstić information content (AvgIpc) is 2.32. The Balaban J connectivity index is 2.21. The highest BCUT2D eigenvalue weighted by Gasteiger charge is 1.96. The van der Waals surface area contributed by atoms with Gasteiger partial charge in [-0.05, 0) is 44.1 Å². The van der Waals surface area contributed by atoms with E-state index in [1.807, 2.05) is 12.1 Å². The van der Waals surface area contributed by atoms with Crippen LogP contribution in [0.15, 0.2) is 24.3 Å². The van der Waals surface area contributed by atoms with Crippen LogP contribution < -0.4 is 10.6 Å². The molecule has 0 heterocycles. The van der Waals surface area contributed by atoms with Crippen LogP contribution in [0, 0.1) is 19.3 Å². The standard InChI is InChI=1S/C14H18N2S/c1-3-4-5-6-11-15-14(17)16-13-9-7-12(2)8-10-13/h1,7-10H,4-6,11H2,2H3,(H2,15,16,17). The van der Waals surface area contributed by atoms with E-state index >= 15 is 0 Å². The lowest BCUT2D eigenvalue weighted by atomic mass is 10.2. The maximum atomic E-state index is 5.18. The summed E-state index contributed by atoms with van der Waals surface area (Å²) in [5.74, 6) is 2.62. The summed E-state index contributed by atoms with van der Waals surface area (Å²) in [4.78, 5) is 0. The highest BCUT2D eigenvalue weighted by Crippen LogP contribution is 2.08. The predicted molar refractivity (Wildman–Crippen MR) is 78.1 cm³/mol. The molecule has 0 spiro atoms. The van der Waals surface area contributed by atoms with Crippen molar-refractivity contribution in [1.29, 1.82) is 0 Å². The molecule has 0 bridgehead atoms. The van der Waals surface area contributed by atoms with Crippen LogP contribution >= 0.6 is 12.2 Å². The molecule has 17 heavy (non-hydrogen) atoms. The number of nitrogens with one attached hydrogen (secondary N) is 2. The van der Waals surface area contributed by atoms with Gasteiger partial charge in [0.05, 0.1) is 0 Å². The zero-order valence-corrected chi connectivity index (χ0v) is 10.9. The second-order valence-electron chi connectivity index (χ2n) is 3.91. The van der Waals surface area contributed by atoms with Gasteiger partial charge in [-0.1, -0.05) is 17.7 Å². The molecule has 0 fully saturated rings. The number of terminal acetylenes is 1. The lowest BCUT2D eigenvalue weighted by Gasteiger charge is -2.10. The van der Waals surface area contributed by atoms with Crippen molar-refractivity contribution in [2.24, 2.45) is 0 Å². The van der Waals surface area contributed by atoms with Gasteiger partial charge in [0.1, 0.15) is 0 Å². The van der Waals surface area contributed by atoms with Crippen LogP contribution in [-0.4, -0.2) is 11.7 Å². The second-order valence-corrected chi connectivity index (χ2v) is 4.32. The van der Waals surface area contributed by atoms with Gasteiger partial charge < -0.3 is 10.6 Å². The molecule has 0 unspecified atom stereocenters. The SMILES string of the molecule is C#CCCCCNC(=S)Nc1ccc(C)cc1. The number of hydrogen-bond acceptors (Lipinski definition) is 1. The zero-order chi connectivity index (χ0) is 12.5. The summed E-state index contributed by atoms with van der Waals surface area (Å²) in [5, 5.41) is 6.96. The molecular weight excluding hydrogens is 228 g/mol. The van der Waals surface area contributed by atoms with Crippen molar-refractivity contribution in [2.45, 2.75) is 26.2 Å². The van der Waals surface area contributed by atoms with E-state index in [0.717, 1.165) is 31.5 Å². The summed E-state index contributed by atoms with van der Waals surface area (Å²) in [5.41, 5.74) is 2.25. The van der Waals surface area contributed by atoms with Gasteiger partial charge in [-0.3, -0.25) is 0 Å². The van der Waals surface area contributed by atoms with Crippen LogP contribution in [-0.2, 0) is 0 Å². The van der Waals surface area contributed by atoms with Crippen LogP contribution in [0.3, 0.4) is 0 Å². The van der Waals surface area contributed by atoms with E-state index < -0.39 is 0 Å². The predicted octanol–water partition coefficient (Wildman–Crippen LogP) is 3.08. The lowest BCUT2D eigenvalue weighted by molar-refractivity contribution is 0.729. The van der Waals surface area contributed by atoms with Crippen LogP contribution in [0.2, 0.25) is 0 Å². The van der Waals surface area contributed by atoms with Crippen LogP contribution in [0.1, 0.15) is 24.8 Å². The molecule has 2 N–H and O–H groups in total. The summed E-state index contributed by atoms with van der Waals surface area (Å²) in [6.07, 6.45) is 8.09. The van der Waals surface area contributed by atoms with Gasteiger partial charge in [0.25, 0.3) is 0 Å². The maximum Gasteiger partial charge on any atom is 0.170 e. The van der Waals surface area contributed by atoms with E-state index in [-0.39, 0.29) is 0 Å². The Hall–Kier alpha value is -1.53. The van der Waals surface area contributed by atoms with E-state index in [1.54, 1.807) is 0 Å². The normalized spacial score (nSPS) is 9.41. The largest absolute Gasteiger partial charge is 0.362 e. The van der Waals surface area contributed by atoms with Crippen molar-refractivity contribution in [3.8, 4) is 12.3 Å². The molecule has 0 amide bonds. The Kier molecular flexibility index (Phi) is 6.13. The number of rotatable bonds is 5. The van der Waals surface area contributed by atoms with Gasteiger partial charge in [0, 0.05) is 18.7 Å². The van der Waals surface area contributed by atoms with E-state index in [0.29, 0.717) is 5.11 Å². The molecule has 1 aromatic rings. The minimum atomic E-state index is 0.662. The fraction of sp³-hybridized carbons (Fsp3) is 0.357. The van der Waals surface area contributed by atoms with E-state index in [4.69, 9.17) is 18.6 Å². The minimum Gasteiger partial charge on any atom is -0.362 e. The first-order valence-corrected chi connectivity index (χ1v) is 6.18. The van der Waals surface area contributed by atoms with Gasteiger partial charge in [-0.25, -0.2) is 0 Å². The topological polar surface area (TPSA) is 24.1 Å². The number of thiocarbonyl (C=S) groups is 1. The average molecular weight is 246 g/mol. The van der Waals surface area contributed by atoms with Crippen LogP contribution in [0.25, 0.3) is 0 Å². The van der Waals surface area contributed by atoms with Crippen molar-refractivity contribution in [1.82, 2.24) is 5.32 Å². The van der Waals surface area contributed by atoms with Crippen molar-refractivity contribution in [3.63, 3.8) is 0 Å². The Bertz CT molecular complexity index is 390. The fourth-order valence-electron chi connectivity index (χ4n) is 1.37. The number of anilines is 1. The summed E-state index contributed by atoms with van der Waals surface area (Å²) in [6, 6.07) is 8.14.